The van der Waals surface area contributed by atoms with Crippen molar-refractivity contribution in [3.63, 3.8) is 0 Å². The maximum atomic E-state index is 13.1. The minimum absolute atomic E-state index is 0.131. The Morgan fingerprint density at radius 2 is 1.97 bits per heavy atom. The van der Waals surface area contributed by atoms with E-state index in [-0.39, 0.29) is 21.1 Å². The number of aromatic nitrogens is 4. The van der Waals surface area contributed by atoms with Crippen LogP contribution in [0.25, 0.3) is 0 Å². The molecule has 1 unspecified atom stereocenters. The lowest BCUT2D eigenvalue weighted by Gasteiger charge is -2.14. The molecule has 1 aromatic carbocycles. The summed E-state index contributed by atoms with van der Waals surface area (Å²) >= 11 is 6.81. The minimum atomic E-state index is -4.63. The molecule has 1 amide bonds. The highest BCUT2D eigenvalue weighted by Crippen LogP contribution is 2.41. The van der Waals surface area contributed by atoms with Gasteiger partial charge in [0.25, 0.3) is 11.5 Å². The SMILES string of the molecule is COC(=O)OC(C)n1nnn(C)c1=NC(=O)c1ccc(C(F)(F)F)c(SC)c1Cl. The fourth-order valence-electron chi connectivity index (χ4n) is 2.22. The molecule has 0 bridgehead atoms. The van der Waals surface area contributed by atoms with Crippen molar-refractivity contribution in [3.8, 4) is 0 Å². The van der Waals surface area contributed by atoms with E-state index in [0.717, 1.165) is 40.4 Å². The van der Waals surface area contributed by atoms with Crippen molar-refractivity contribution in [1.29, 1.82) is 0 Å². The number of amides is 1. The highest BCUT2D eigenvalue weighted by molar-refractivity contribution is 7.98. The summed E-state index contributed by atoms with van der Waals surface area (Å²) in [5.74, 6) is -0.927. The zero-order valence-electron chi connectivity index (χ0n) is 15.5. The molecular weight excluding hydrogens is 439 g/mol. The number of hydrogen-bond acceptors (Lipinski definition) is 7. The van der Waals surface area contributed by atoms with Gasteiger partial charge in [-0.3, -0.25) is 4.79 Å². The zero-order valence-corrected chi connectivity index (χ0v) is 17.1. The van der Waals surface area contributed by atoms with Crippen LogP contribution < -0.4 is 5.62 Å². The fraction of sp³-hybridized carbons (Fsp3) is 0.400. The Balaban J connectivity index is 2.51. The lowest BCUT2D eigenvalue weighted by molar-refractivity contribution is -0.139. The summed E-state index contributed by atoms with van der Waals surface area (Å²) in [6.45, 7) is 1.42. The summed E-state index contributed by atoms with van der Waals surface area (Å²) in [5, 5.41) is 7.03. The van der Waals surface area contributed by atoms with E-state index in [1.54, 1.807) is 0 Å². The highest BCUT2D eigenvalue weighted by atomic mass is 35.5. The Kier molecular flexibility index (Phi) is 6.95. The molecule has 0 aliphatic rings. The number of rotatable bonds is 4. The van der Waals surface area contributed by atoms with E-state index in [1.807, 2.05) is 0 Å². The van der Waals surface area contributed by atoms with Gasteiger partial charge in [-0.2, -0.15) is 22.8 Å². The van der Waals surface area contributed by atoms with Gasteiger partial charge in [0, 0.05) is 11.9 Å². The molecule has 0 aliphatic heterocycles. The van der Waals surface area contributed by atoms with Gasteiger partial charge in [0.1, 0.15) is 0 Å². The highest BCUT2D eigenvalue weighted by Gasteiger charge is 2.35. The number of alkyl halides is 3. The Morgan fingerprint density at radius 1 is 1.31 bits per heavy atom. The summed E-state index contributed by atoms with van der Waals surface area (Å²) in [4.78, 5) is 27.4. The van der Waals surface area contributed by atoms with E-state index in [2.05, 4.69) is 20.2 Å². The molecule has 0 N–H and O–H groups in total. The van der Waals surface area contributed by atoms with E-state index < -0.39 is 30.0 Å². The van der Waals surface area contributed by atoms with Crippen molar-refractivity contribution < 1.29 is 32.2 Å². The van der Waals surface area contributed by atoms with Crippen LogP contribution in [0.3, 0.4) is 0 Å². The molecule has 2 aromatic rings. The van der Waals surface area contributed by atoms with Crippen molar-refractivity contribution in [2.75, 3.05) is 13.4 Å². The topological polar surface area (TPSA) is 101 Å². The van der Waals surface area contributed by atoms with Gasteiger partial charge in [-0.05, 0) is 35.7 Å². The predicted molar refractivity (Wildman–Crippen MR) is 95.3 cm³/mol. The van der Waals surface area contributed by atoms with Crippen LogP contribution in [-0.4, -0.2) is 45.2 Å². The molecule has 0 spiro atoms. The standard InChI is InChI=1S/C15H15ClF3N5O4S/c1-7(28-14(26)27-3)24-13(23(2)21-22-24)20-12(25)8-5-6-9(15(17,18)19)11(29-4)10(8)16/h5-7H,1-4H3. The molecule has 1 heterocycles. The number of carbonyl (C=O) groups excluding carboxylic acids is 2. The molecule has 29 heavy (non-hydrogen) atoms. The Bertz CT molecular complexity index is 1000. The van der Waals surface area contributed by atoms with Crippen LogP contribution in [0.2, 0.25) is 5.02 Å². The lowest BCUT2D eigenvalue weighted by Crippen LogP contribution is -2.31. The summed E-state index contributed by atoms with van der Waals surface area (Å²) in [7, 11) is 2.53. The van der Waals surface area contributed by atoms with Gasteiger partial charge in [0.05, 0.1) is 23.3 Å². The molecule has 0 saturated heterocycles. The number of aryl methyl sites for hydroxylation is 1. The predicted octanol–water partition coefficient (Wildman–Crippen LogP) is 3.05. The lowest BCUT2D eigenvalue weighted by atomic mass is 10.1. The summed E-state index contributed by atoms with van der Waals surface area (Å²) in [5.41, 5.74) is -1.32. The first-order chi connectivity index (χ1) is 13.5. The molecule has 158 valence electrons. The third-order valence-electron chi connectivity index (χ3n) is 3.58. The number of tetrazole rings is 1. The van der Waals surface area contributed by atoms with Crippen LogP contribution in [-0.2, 0) is 22.7 Å². The fourth-order valence-corrected chi connectivity index (χ4v) is 3.39. The second kappa shape index (κ2) is 8.86. The number of methoxy groups -OCH3 is 1. The molecule has 0 fully saturated rings. The van der Waals surface area contributed by atoms with Crippen molar-refractivity contribution in [3.05, 3.63) is 33.9 Å². The van der Waals surface area contributed by atoms with E-state index in [0.29, 0.717) is 0 Å². The quantitative estimate of drug-likeness (QED) is 0.518. The molecule has 9 nitrogen and oxygen atoms in total. The van der Waals surface area contributed by atoms with E-state index in [9.17, 15) is 22.8 Å². The molecule has 0 radical (unpaired) electrons. The summed E-state index contributed by atoms with van der Waals surface area (Å²) < 4.78 is 50.8. The Labute approximate surface area is 171 Å². The van der Waals surface area contributed by atoms with Crippen molar-refractivity contribution in [1.82, 2.24) is 19.8 Å². The van der Waals surface area contributed by atoms with Gasteiger partial charge < -0.3 is 9.47 Å². The molecule has 0 aliphatic carbocycles. The van der Waals surface area contributed by atoms with E-state index >= 15 is 0 Å². The maximum absolute atomic E-state index is 13.1. The number of thioether (sulfide) groups is 1. The van der Waals surface area contributed by atoms with Crippen LogP contribution in [0.5, 0.6) is 0 Å². The third-order valence-corrected chi connectivity index (χ3v) is 4.92. The van der Waals surface area contributed by atoms with E-state index in [1.165, 1.54) is 20.2 Å². The molecule has 1 aromatic heterocycles. The van der Waals surface area contributed by atoms with Crippen molar-refractivity contribution in [2.45, 2.75) is 24.2 Å². The minimum Gasteiger partial charge on any atom is -0.438 e. The molecule has 1 atom stereocenters. The number of halogens is 4. The van der Waals surface area contributed by atoms with Crippen LogP contribution in [0.15, 0.2) is 22.0 Å². The maximum Gasteiger partial charge on any atom is 0.509 e. The van der Waals surface area contributed by atoms with Crippen LogP contribution in [0.1, 0.15) is 29.1 Å². The zero-order chi connectivity index (χ0) is 21.9. The number of nitrogens with zero attached hydrogens (tertiary/aromatic N) is 5. The van der Waals surface area contributed by atoms with Crippen molar-refractivity contribution in [2.24, 2.45) is 12.0 Å². The van der Waals surface area contributed by atoms with Gasteiger partial charge in [-0.15, -0.1) is 11.8 Å². The normalized spacial score (nSPS) is 13.3. The average Bonchev–Trinajstić information content (AvgIpc) is 3.00. The first-order valence-corrected chi connectivity index (χ1v) is 9.37. The Hall–Kier alpha value is -2.54. The third kappa shape index (κ3) is 4.90. The second-order valence-electron chi connectivity index (χ2n) is 5.44. The smallest absolute Gasteiger partial charge is 0.438 e. The average molecular weight is 454 g/mol. The number of carbonyl (C=O) groups is 2. The molecular formula is C15H15ClF3N5O4S. The van der Waals surface area contributed by atoms with E-state index in [4.69, 9.17) is 16.3 Å². The van der Waals surface area contributed by atoms with Gasteiger partial charge in [-0.1, -0.05) is 11.6 Å². The van der Waals surface area contributed by atoms with Crippen LogP contribution >= 0.6 is 23.4 Å². The first-order valence-electron chi connectivity index (χ1n) is 7.77. The van der Waals surface area contributed by atoms with Gasteiger partial charge in [0.15, 0.2) is 0 Å². The van der Waals surface area contributed by atoms with Gasteiger partial charge >= 0.3 is 12.3 Å². The van der Waals surface area contributed by atoms with Gasteiger partial charge in [0.2, 0.25) is 6.23 Å². The number of benzene rings is 1. The number of ether oxygens (including phenoxy) is 2. The second-order valence-corrected chi connectivity index (χ2v) is 6.64. The first kappa shape index (κ1) is 22.7. The monoisotopic (exact) mass is 453 g/mol. The van der Waals surface area contributed by atoms with Crippen LogP contribution in [0, 0.1) is 0 Å². The summed E-state index contributed by atoms with van der Waals surface area (Å²) in [6.07, 6.45) is -5.25. The van der Waals surface area contributed by atoms with Crippen LogP contribution in [0.4, 0.5) is 18.0 Å². The molecule has 2 rings (SSSR count). The Morgan fingerprint density at radius 3 is 2.52 bits per heavy atom. The summed E-state index contributed by atoms with van der Waals surface area (Å²) in [6, 6.07) is 1.71. The van der Waals surface area contributed by atoms with Crippen molar-refractivity contribution >= 4 is 35.4 Å². The molecule has 14 heteroatoms. The molecule has 0 saturated carbocycles. The van der Waals surface area contributed by atoms with Gasteiger partial charge in [-0.25, -0.2) is 9.48 Å². The number of hydrogen-bond donors (Lipinski definition) is 0. The largest absolute Gasteiger partial charge is 0.509 e.